The lowest BCUT2D eigenvalue weighted by Crippen LogP contribution is -2.58. The number of aliphatic hydroxyl groups excluding tert-OH is 1. The molecule has 0 radical (unpaired) electrons. The molecule has 3 nitrogen and oxygen atoms in total. The molecule has 2 aliphatic rings. The molecular formula is C14H25NO2. The van der Waals surface area contributed by atoms with Crippen LogP contribution in [0.15, 0.2) is 0 Å². The third-order valence-electron chi connectivity index (χ3n) is 4.66. The van der Waals surface area contributed by atoms with Gasteiger partial charge in [0.25, 0.3) is 0 Å². The van der Waals surface area contributed by atoms with Crippen LogP contribution >= 0.6 is 0 Å². The summed E-state index contributed by atoms with van der Waals surface area (Å²) in [4.78, 5) is 14.1. The highest BCUT2D eigenvalue weighted by molar-refractivity contribution is 5.77. The van der Waals surface area contributed by atoms with E-state index in [4.69, 9.17) is 0 Å². The van der Waals surface area contributed by atoms with Gasteiger partial charge in [0.2, 0.25) is 5.91 Å². The van der Waals surface area contributed by atoms with E-state index < -0.39 is 0 Å². The molecule has 1 saturated heterocycles. The van der Waals surface area contributed by atoms with Crippen LogP contribution in [0.1, 0.15) is 58.8 Å². The number of amides is 1. The van der Waals surface area contributed by atoms with Crippen LogP contribution in [0.2, 0.25) is 0 Å². The van der Waals surface area contributed by atoms with Crippen molar-refractivity contribution in [2.75, 3.05) is 6.54 Å². The first-order valence-corrected chi connectivity index (χ1v) is 7.00. The van der Waals surface area contributed by atoms with Crippen LogP contribution in [0.3, 0.4) is 0 Å². The molecule has 1 saturated carbocycles. The molecule has 0 aromatic rings. The largest absolute Gasteiger partial charge is 0.391 e. The minimum Gasteiger partial charge on any atom is -0.391 e. The first-order valence-electron chi connectivity index (χ1n) is 7.00. The maximum absolute atomic E-state index is 12.2. The number of aliphatic hydroxyl groups is 1. The van der Waals surface area contributed by atoms with Gasteiger partial charge in [0.05, 0.1) is 11.6 Å². The van der Waals surface area contributed by atoms with Gasteiger partial charge in [0.1, 0.15) is 0 Å². The average Bonchev–Trinajstić information content (AvgIpc) is 2.19. The fraction of sp³-hybridized carbons (Fsp3) is 0.929. The van der Waals surface area contributed by atoms with Gasteiger partial charge in [-0.25, -0.2) is 0 Å². The molecular weight excluding hydrogens is 214 g/mol. The highest BCUT2D eigenvalue weighted by Crippen LogP contribution is 2.32. The Morgan fingerprint density at radius 3 is 2.59 bits per heavy atom. The number of carbonyl (C=O) groups is 1. The standard InChI is InChI=1S/C14H25NO2/c1-14(2)12(16)7-4-10-15(14)13(17)9-8-11-5-3-6-11/h11-12,16H,3-10H2,1-2H3. The zero-order chi connectivity index (χ0) is 12.5. The highest BCUT2D eigenvalue weighted by Gasteiger charge is 2.39. The van der Waals surface area contributed by atoms with Crippen LogP contribution in [0.25, 0.3) is 0 Å². The number of piperidine rings is 1. The molecule has 1 amide bonds. The number of hydrogen-bond acceptors (Lipinski definition) is 2. The Labute approximate surface area is 104 Å². The van der Waals surface area contributed by atoms with Crippen molar-refractivity contribution in [2.24, 2.45) is 5.92 Å². The van der Waals surface area contributed by atoms with Crippen molar-refractivity contribution in [1.82, 2.24) is 4.90 Å². The third-order valence-corrected chi connectivity index (χ3v) is 4.66. The molecule has 1 atom stereocenters. The maximum Gasteiger partial charge on any atom is 0.223 e. The first kappa shape index (κ1) is 12.9. The minimum absolute atomic E-state index is 0.237. The van der Waals surface area contributed by atoms with Crippen LogP contribution in [0.4, 0.5) is 0 Å². The predicted molar refractivity (Wildman–Crippen MR) is 67.6 cm³/mol. The van der Waals surface area contributed by atoms with E-state index in [0.717, 1.165) is 31.7 Å². The quantitative estimate of drug-likeness (QED) is 0.821. The Morgan fingerprint density at radius 1 is 1.29 bits per heavy atom. The van der Waals surface area contributed by atoms with Crippen LogP contribution < -0.4 is 0 Å². The molecule has 1 unspecified atom stereocenters. The molecule has 0 aromatic carbocycles. The summed E-state index contributed by atoms with van der Waals surface area (Å²) >= 11 is 0. The van der Waals surface area contributed by atoms with Crippen molar-refractivity contribution in [3.8, 4) is 0 Å². The Morgan fingerprint density at radius 2 is 2.00 bits per heavy atom. The monoisotopic (exact) mass is 239 g/mol. The minimum atomic E-state index is -0.380. The van der Waals surface area contributed by atoms with Gasteiger partial charge < -0.3 is 10.0 Å². The van der Waals surface area contributed by atoms with E-state index >= 15 is 0 Å². The Kier molecular flexibility index (Phi) is 3.76. The summed E-state index contributed by atoms with van der Waals surface area (Å²) in [5.74, 6) is 1.03. The van der Waals surface area contributed by atoms with Gasteiger partial charge in [-0.05, 0) is 39.0 Å². The molecule has 1 aliphatic heterocycles. The smallest absolute Gasteiger partial charge is 0.223 e. The first-order chi connectivity index (χ1) is 8.01. The fourth-order valence-electron chi connectivity index (χ4n) is 2.95. The van der Waals surface area contributed by atoms with Crippen LogP contribution in [-0.4, -0.2) is 34.1 Å². The van der Waals surface area contributed by atoms with Gasteiger partial charge in [0.15, 0.2) is 0 Å². The molecule has 1 N–H and O–H groups in total. The zero-order valence-electron chi connectivity index (χ0n) is 11.1. The van der Waals surface area contributed by atoms with E-state index in [-0.39, 0.29) is 17.6 Å². The SMILES string of the molecule is CC1(C)C(O)CCCN1C(=O)CCC1CCC1. The fourth-order valence-corrected chi connectivity index (χ4v) is 2.95. The molecule has 98 valence electrons. The van der Waals surface area contributed by atoms with Crippen LogP contribution in [0.5, 0.6) is 0 Å². The maximum atomic E-state index is 12.2. The molecule has 0 aromatic heterocycles. The molecule has 0 bridgehead atoms. The second-order valence-electron chi connectivity index (χ2n) is 6.19. The number of likely N-dealkylation sites (tertiary alicyclic amines) is 1. The molecule has 2 rings (SSSR count). The van der Waals surface area contributed by atoms with Gasteiger partial charge in [0, 0.05) is 13.0 Å². The van der Waals surface area contributed by atoms with Crippen molar-refractivity contribution in [1.29, 1.82) is 0 Å². The van der Waals surface area contributed by atoms with E-state index in [0.29, 0.717) is 6.42 Å². The lowest BCUT2D eigenvalue weighted by molar-refractivity contribution is -0.146. The molecule has 17 heavy (non-hydrogen) atoms. The van der Waals surface area contributed by atoms with Crippen LogP contribution in [0, 0.1) is 5.92 Å². The predicted octanol–water partition coefficient (Wildman–Crippen LogP) is 2.33. The van der Waals surface area contributed by atoms with E-state index in [1.165, 1.54) is 19.3 Å². The average molecular weight is 239 g/mol. The Balaban J connectivity index is 1.88. The Hall–Kier alpha value is -0.570. The number of carbonyl (C=O) groups excluding carboxylic acids is 1. The molecule has 3 heteroatoms. The van der Waals surface area contributed by atoms with Gasteiger partial charge in [-0.3, -0.25) is 4.79 Å². The lowest BCUT2D eigenvalue weighted by atomic mass is 9.81. The second kappa shape index (κ2) is 4.97. The van der Waals surface area contributed by atoms with Gasteiger partial charge >= 0.3 is 0 Å². The van der Waals surface area contributed by atoms with Crippen molar-refractivity contribution in [3.63, 3.8) is 0 Å². The lowest BCUT2D eigenvalue weighted by Gasteiger charge is -2.46. The number of hydrogen-bond donors (Lipinski definition) is 1. The number of rotatable bonds is 3. The molecule has 2 fully saturated rings. The van der Waals surface area contributed by atoms with Crippen molar-refractivity contribution in [2.45, 2.75) is 70.4 Å². The summed E-state index contributed by atoms with van der Waals surface area (Å²) in [6, 6.07) is 0. The summed E-state index contributed by atoms with van der Waals surface area (Å²) < 4.78 is 0. The van der Waals surface area contributed by atoms with Gasteiger partial charge in [-0.15, -0.1) is 0 Å². The number of nitrogens with zero attached hydrogens (tertiary/aromatic N) is 1. The summed E-state index contributed by atoms with van der Waals surface area (Å²) in [6.45, 7) is 4.78. The van der Waals surface area contributed by atoms with E-state index in [1.54, 1.807) is 0 Å². The van der Waals surface area contributed by atoms with Crippen LogP contribution in [-0.2, 0) is 4.79 Å². The van der Waals surface area contributed by atoms with E-state index in [1.807, 2.05) is 18.7 Å². The summed E-state index contributed by atoms with van der Waals surface area (Å²) in [7, 11) is 0. The summed E-state index contributed by atoms with van der Waals surface area (Å²) in [5.41, 5.74) is -0.380. The zero-order valence-corrected chi connectivity index (χ0v) is 11.1. The van der Waals surface area contributed by atoms with Crippen molar-refractivity contribution >= 4 is 5.91 Å². The molecule has 1 heterocycles. The highest BCUT2D eigenvalue weighted by atomic mass is 16.3. The second-order valence-corrected chi connectivity index (χ2v) is 6.19. The summed E-state index contributed by atoms with van der Waals surface area (Å²) in [6.07, 6.45) is 7.04. The third kappa shape index (κ3) is 2.65. The summed E-state index contributed by atoms with van der Waals surface area (Å²) in [5, 5.41) is 10.00. The van der Waals surface area contributed by atoms with Gasteiger partial charge in [-0.1, -0.05) is 19.3 Å². The van der Waals surface area contributed by atoms with Crippen molar-refractivity contribution < 1.29 is 9.90 Å². The topological polar surface area (TPSA) is 40.5 Å². The molecule has 1 aliphatic carbocycles. The Bertz CT molecular complexity index is 284. The van der Waals surface area contributed by atoms with E-state index in [9.17, 15) is 9.90 Å². The normalized spacial score (nSPS) is 28.9. The molecule has 0 spiro atoms. The van der Waals surface area contributed by atoms with Gasteiger partial charge in [-0.2, -0.15) is 0 Å². The van der Waals surface area contributed by atoms with E-state index in [2.05, 4.69) is 0 Å². The van der Waals surface area contributed by atoms with Crippen molar-refractivity contribution in [3.05, 3.63) is 0 Å².